The van der Waals surface area contributed by atoms with E-state index in [0.717, 1.165) is 23.8 Å². The maximum Gasteiger partial charge on any atom is 0.416 e. The smallest absolute Gasteiger partial charge is 0.416 e. The molecule has 2 unspecified atom stereocenters. The van der Waals surface area contributed by atoms with Gasteiger partial charge in [0.15, 0.2) is 17.3 Å². The average molecular weight is 711 g/mol. The summed E-state index contributed by atoms with van der Waals surface area (Å²) >= 11 is 6.13. The van der Waals surface area contributed by atoms with Crippen LogP contribution in [0.3, 0.4) is 0 Å². The zero-order valence-corrected chi connectivity index (χ0v) is 27.4. The number of carbonyl (C=O) groups is 2. The maximum atomic E-state index is 14.4. The van der Waals surface area contributed by atoms with Crippen LogP contribution in [0.2, 0.25) is 5.02 Å². The lowest BCUT2D eigenvalue weighted by molar-refractivity contribution is -0.137. The van der Waals surface area contributed by atoms with E-state index < -0.39 is 29.0 Å². The number of benzene rings is 1. The summed E-state index contributed by atoms with van der Waals surface area (Å²) < 4.78 is 47.9. The van der Waals surface area contributed by atoms with Gasteiger partial charge in [-0.3, -0.25) is 14.4 Å². The third-order valence-corrected chi connectivity index (χ3v) is 10.7. The van der Waals surface area contributed by atoms with Gasteiger partial charge in [-0.25, -0.2) is 9.97 Å². The van der Waals surface area contributed by atoms with Crippen molar-refractivity contribution in [1.82, 2.24) is 34.0 Å². The molecule has 260 valence electrons. The third-order valence-electron chi connectivity index (χ3n) is 10.4. The summed E-state index contributed by atoms with van der Waals surface area (Å²) in [5.74, 6) is -0.787. The molecule has 2 N–H and O–H groups in total. The highest BCUT2D eigenvalue weighted by molar-refractivity contribution is 6.33. The molecule has 3 atom stereocenters. The Morgan fingerprint density at radius 2 is 2.02 bits per heavy atom. The molecule has 4 aromatic rings. The lowest BCUT2D eigenvalue weighted by atomic mass is 9.73. The van der Waals surface area contributed by atoms with E-state index in [4.69, 9.17) is 21.3 Å². The second-order valence-corrected chi connectivity index (χ2v) is 13.5. The van der Waals surface area contributed by atoms with Crippen molar-refractivity contribution in [1.29, 1.82) is 0 Å². The first kappa shape index (κ1) is 32.4. The molecule has 8 rings (SSSR count). The lowest BCUT2D eigenvalue weighted by Crippen LogP contribution is -2.48. The van der Waals surface area contributed by atoms with Crippen molar-refractivity contribution in [2.75, 3.05) is 25.1 Å². The fraction of sp³-hybridized carbons (Fsp3) is 0.424. The summed E-state index contributed by atoms with van der Waals surface area (Å²) in [5.41, 5.74) is 0.332. The van der Waals surface area contributed by atoms with Gasteiger partial charge in [-0.05, 0) is 68.7 Å². The Balaban J connectivity index is 1.16. The van der Waals surface area contributed by atoms with Crippen molar-refractivity contribution in [3.8, 4) is 5.75 Å². The van der Waals surface area contributed by atoms with E-state index in [0.29, 0.717) is 74.6 Å². The molecule has 3 aromatic heterocycles. The third kappa shape index (κ3) is 5.14. The molecule has 0 bridgehead atoms. The van der Waals surface area contributed by atoms with E-state index in [2.05, 4.69) is 20.4 Å². The Labute approximate surface area is 286 Å². The Morgan fingerprint density at radius 3 is 2.76 bits per heavy atom. The number of hydrogen-bond acceptors (Lipinski definition) is 9. The SMILES string of the molecule is Cc1ncnc(C(=O)N2CC[C@@]3(CCc4c3c(=O)n3nc(C5=CCOCC5)nc3n4CC(=O)Nc3ccc(C(F)(F)F)cc3Cl)C3CC32)c1O. The first-order valence-electron chi connectivity index (χ1n) is 16.2. The Bertz CT molecular complexity index is 2200. The second-order valence-electron chi connectivity index (χ2n) is 13.1. The molecule has 2 amide bonds. The molecule has 1 spiro atoms. The van der Waals surface area contributed by atoms with Gasteiger partial charge in [0.05, 0.1) is 35.2 Å². The molecular formula is C33H30ClF3N8O5. The normalized spacial score (nSPS) is 22.7. The molecular weight excluding hydrogens is 681 g/mol. The van der Waals surface area contributed by atoms with Gasteiger partial charge < -0.3 is 24.6 Å². The number of aryl methyl sites for hydroxylation is 1. The molecule has 2 fully saturated rings. The molecule has 5 heterocycles. The van der Waals surface area contributed by atoms with Crippen LogP contribution in [0.1, 0.15) is 64.5 Å². The molecule has 17 heteroatoms. The van der Waals surface area contributed by atoms with E-state index in [9.17, 15) is 32.7 Å². The fourth-order valence-corrected chi connectivity index (χ4v) is 8.14. The maximum absolute atomic E-state index is 14.4. The van der Waals surface area contributed by atoms with Gasteiger partial charge in [-0.2, -0.15) is 22.7 Å². The minimum absolute atomic E-state index is 0.00661. The Morgan fingerprint density at radius 1 is 1.20 bits per heavy atom. The van der Waals surface area contributed by atoms with Crippen molar-refractivity contribution in [2.45, 2.75) is 63.2 Å². The number of fused-ring (bicyclic) bond motifs is 5. The van der Waals surface area contributed by atoms with Crippen LogP contribution in [-0.4, -0.2) is 76.8 Å². The molecule has 0 radical (unpaired) electrons. The van der Waals surface area contributed by atoms with Crippen molar-refractivity contribution in [3.05, 3.63) is 80.0 Å². The van der Waals surface area contributed by atoms with E-state index in [-0.39, 0.29) is 52.0 Å². The molecule has 4 aliphatic rings. The molecule has 1 saturated heterocycles. The molecule has 2 aliphatic heterocycles. The van der Waals surface area contributed by atoms with Gasteiger partial charge in [0.25, 0.3) is 11.5 Å². The minimum Gasteiger partial charge on any atom is -0.504 e. The molecule has 1 saturated carbocycles. The number of carbonyl (C=O) groups excluding carboxylic acids is 2. The van der Waals surface area contributed by atoms with Gasteiger partial charge in [-0.15, -0.1) is 5.10 Å². The number of alkyl halides is 3. The summed E-state index contributed by atoms with van der Waals surface area (Å²) in [6, 6.07) is 2.51. The monoisotopic (exact) mass is 710 g/mol. The fourth-order valence-electron chi connectivity index (χ4n) is 7.91. The van der Waals surface area contributed by atoms with Gasteiger partial charge in [0.1, 0.15) is 12.9 Å². The first-order chi connectivity index (χ1) is 23.9. The van der Waals surface area contributed by atoms with Gasteiger partial charge in [0, 0.05) is 29.3 Å². The zero-order valence-electron chi connectivity index (χ0n) is 26.6. The second kappa shape index (κ2) is 11.6. The van der Waals surface area contributed by atoms with Crippen LogP contribution in [0.4, 0.5) is 18.9 Å². The van der Waals surface area contributed by atoms with Crippen LogP contribution in [0.5, 0.6) is 5.75 Å². The molecule has 13 nitrogen and oxygen atoms in total. The van der Waals surface area contributed by atoms with Crippen molar-refractivity contribution >= 4 is 40.5 Å². The van der Waals surface area contributed by atoms with Gasteiger partial charge in [-0.1, -0.05) is 17.7 Å². The van der Waals surface area contributed by atoms with Crippen LogP contribution in [0, 0.1) is 12.8 Å². The molecule has 50 heavy (non-hydrogen) atoms. The predicted octanol–water partition coefficient (Wildman–Crippen LogP) is 3.93. The number of likely N-dealkylation sites (tertiary alicyclic amines) is 1. The summed E-state index contributed by atoms with van der Waals surface area (Å²) in [4.78, 5) is 55.9. The largest absolute Gasteiger partial charge is 0.504 e. The quantitative estimate of drug-likeness (QED) is 0.313. The number of amides is 2. The summed E-state index contributed by atoms with van der Waals surface area (Å²) in [7, 11) is 0. The highest BCUT2D eigenvalue weighted by atomic mass is 35.5. The van der Waals surface area contributed by atoms with Crippen LogP contribution in [0.15, 0.2) is 35.4 Å². The number of anilines is 1. The average Bonchev–Trinajstić information content (AvgIpc) is 3.63. The number of aromatic hydroxyl groups is 1. The number of aromatic nitrogens is 6. The highest BCUT2D eigenvalue weighted by Crippen LogP contribution is 2.60. The summed E-state index contributed by atoms with van der Waals surface area (Å²) in [5, 5.41) is 17.4. The van der Waals surface area contributed by atoms with Crippen LogP contribution in [0.25, 0.3) is 11.4 Å². The van der Waals surface area contributed by atoms with E-state index in [1.54, 1.807) is 16.4 Å². The van der Waals surface area contributed by atoms with Gasteiger partial charge in [0.2, 0.25) is 11.7 Å². The number of nitrogens with zero attached hydrogens (tertiary/aromatic N) is 7. The van der Waals surface area contributed by atoms with E-state index in [1.165, 1.54) is 10.8 Å². The number of nitrogens with one attached hydrogen (secondary N) is 1. The number of ether oxygens (including phenoxy) is 1. The number of hydrogen-bond donors (Lipinski definition) is 2. The van der Waals surface area contributed by atoms with Crippen LogP contribution < -0.4 is 10.9 Å². The zero-order chi connectivity index (χ0) is 35.1. The lowest BCUT2D eigenvalue weighted by Gasteiger charge is -2.39. The number of halogens is 4. The Hall–Kier alpha value is -4.83. The topological polar surface area (TPSA) is 157 Å². The van der Waals surface area contributed by atoms with Crippen molar-refractivity contribution < 1.29 is 32.6 Å². The van der Waals surface area contributed by atoms with Crippen LogP contribution in [-0.2, 0) is 34.1 Å². The molecule has 2 aliphatic carbocycles. The van der Waals surface area contributed by atoms with E-state index >= 15 is 0 Å². The minimum atomic E-state index is -4.60. The van der Waals surface area contributed by atoms with Crippen molar-refractivity contribution in [3.63, 3.8) is 0 Å². The van der Waals surface area contributed by atoms with Crippen LogP contribution >= 0.6 is 11.6 Å². The molecule has 1 aromatic carbocycles. The summed E-state index contributed by atoms with van der Waals surface area (Å²) in [6.45, 7) is 2.43. The number of rotatable bonds is 5. The van der Waals surface area contributed by atoms with E-state index in [1.807, 2.05) is 6.08 Å². The Kier molecular flexibility index (Phi) is 7.52. The predicted molar refractivity (Wildman–Crippen MR) is 172 cm³/mol. The first-order valence-corrected chi connectivity index (χ1v) is 16.5. The van der Waals surface area contributed by atoms with Crippen molar-refractivity contribution in [2.24, 2.45) is 5.92 Å². The summed E-state index contributed by atoms with van der Waals surface area (Å²) in [6.07, 6.45) is 1.20. The highest BCUT2D eigenvalue weighted by Gasteiger charge is 2.63. The van der Waals surface area contributed by atoms with Gasteiger partial charge >= 0.3 is 6.18 Å². The number of piperidine rings is 1. The standard InChI is InChI=1S/C33H30ClF3N8O5/c1-16-27(47)26(39-15-38-16)30(49)43-9-8-32(19-13-23(19)43)7-4-22-25(32)29(48)45-31(41-28(42-45)17-5-10-50-11-6-17)44(22)14-24(46)40-21-3-2-18(12-20(21)34)33(35,36)37/h2-3,5,12,15,19,23,47H,4,6-11,13-14H2,1H3,(H,40,46)/t19?,23?,32-/m0/s1.